The van der Waals surface area contributed by atoms with Gasteiger partial charge in [-0.25, -0.2) is 0 Å². The molecular formula is C12H13BrO2. The van der Waals surface area contributed by atoms with Gasteiger partial charge in [-0.2, -0.15) is 0 Å². The summed E-state index contributed by atoms with van der Waals surface area (Å²) in [5, 5.41) is 0. The molecule has 0 aliphatic heterocycles. The molecule has 0 fully saturated rings. The van der Waals surface area contributed by atoms with Crippen molar-refractivity contribution in [2.24, 2.45) is 0 Å². The van der Waals surface area contributed by atoms with Gasteiger partial charge in [0.25, 0.3) is 0 Å². The van der Waals surface area contributed by atoms with Gasteiger partial charge in [0.05, 0.1) is 5.56 Å². The van der Waals surface area contributed by atoms with Crippen LogP contribution >= 0.6 is 15.9 Å². The summed E-state index contributed by atoms with van der Waals surface area (Å²) in [6.45, 7) is 5.81. The SMILES string of the molecule is C=CCOc1cc(Br)ccc1C(=O)CC. The molecule has 0 atom stereocenters. The second-order valence-electron chi connectivity index (χ2n) is 3.02. The summed E-state index contributed by atoms with van der Waals surface area (Å²) >= 11 is 3.34. The summed E-state index contributed by atoms with van der Waals surface area (Å²) in [5.74, 6) is 0.692. The number of carbonyl (C=O) groups is 1. The zero-order chi connectivity index (χ0) is 11.3. The van der Waals surface area contributed by atoms with E-state index in [-0.39, 0.29) is 5.78 Å². The third-order valence-electron chi connectivity index (χ3n) is 1.92. The monoisotopic (exact) mass is 268 g/mol. The molecule has 0 heterocycles. The molecule has 1 aromatic carbocycles. The molecular weight excluding hydrogens is 256 g/mol. The minimum Gasteiger partial charge on any atom is -0.489 e. The van der Waals surface area contributed by atoms with Gasteiger partial charge in [-0.3, -0.25) is 4.79 Å². The fourth-order valence-electron chi connectivity index (χ4n) is 1.19. The van der Waals surface area contributed by atoms with Crippen LogP contribution in [-0.4, -0.2) is 12.4 Å². The number of benzene rings is 1. The van der Waals surface area contributed by atoms with E-state index in [1.54, 1.807) is 18.2 Å². The first-order valence-corrected chi connectivity index (χ1v) is 5.54. The fraction of sp³-hybridized carbons (Fsp3) is 0.250. The molecule has 0 aliphatic rings. The van der Waals surface area contributed by atoms with Crippen molar-refractivity contribution in [2.45, 2.75) is 13.3 Å². The minimum absolute atomic E-state index is 0.0848. The van der Waals surface area contributed by atoms with E-state index in [9.17, 15) is 4.79 Å². The number of Topliss-reactive ketones (excluding diaryl/α,β-unsaturated/α-hetero) is 1. The van der Waals surface area contributed by atoms with E-state index in [0.717, 1.165) is 4.47 Å². The second kappa shape index (κ2) is 5.71. The molecule has 2 nitrogen and oxygen atoms in total. The molecule has 0 spiro atoms. The fourth-order valence-corrected chi connectivity index (χ4v) is 1.53. The molecule has 15 heavy (non-hydrogen) atoms. The molecule has 80 valence electrons. The van der Waals surface area contributed by atoms with Gasteiger partial charge in [0.1, 0.15) is 12.4 Å². The Kier molecular flexibility index (Phi) is 4.56. The summed E-state index contributed by atoms with van der Waals surface area (Å²) in [7, 11) is 0. The lowest BCUT2D eigenvalue weighted by atomic mass is 10.1. The Morgan fingerprint density at radius 3 is 2.93 bits per heavy atom. The van der Waals surface area contributed by atoms with Crippen LogP contribution in [0.4, 0.5) is 0 Å². The number of carbonyl (C=O) groups excluding carboxylic acids is 1. The van der Waals surface area contributed by atoms with E-state index >= 15 is 0 Å². The lowest BCUT2D eigenvalue weighted by molar-refractivity contribution is 0.0984. The van der Waals surface area contributed by atoms with E-state index < -0.39 is 0 Å². The van der Waals surface area contributed by atoms with Crippen LogP contribution in [0.15, 0.2) is 35.3 Å². The van der Waals surface area contributed by atoms with Gasteiger partial charge in [-0.1, -0.05) is 35.5 Å². The summed E-state index contributed by atoms with van der Waals surface area (Å²) in [6.07, 6.45) is 2.13. The van der Waals surface area contributed by atoms with E-state index in [0.29, 0.717) is 24.3 Å². The third kappa shape index (κ3) is 3.20. The lowest BCUT2D eigenvalue weighted by Crippen LogP contribution is -2.03. The first-order valence-electron chi connectivity index (χ1n) is 4.75. The Morgan fingerprint density at radius 2 is 2.33 bits per heavy atom. The zero-order valence-corrected chi connectivity index (χ0v) is 10.2. The van der Waals surface area contributed by atoms with Crippen LogP contribution in [0.25, 0.3) is 0 Å². The third-order valence-corrected chi connectivity index (χ3v) is 2.42. The summed E-state index contributed by atoms with van der Waals surface area (Å²) in [5.41, 5.74) is 0.627. The van der Waals surface area contributed by atoms with Crippen LogP contribution < -0.4 is 4.74 Å². The number of halogens is 1. The highest BCUT2D eigenvalue weighted by Crippen LogP contribution is 2.24. The highest BCUT2D eigenvalue weighted by Gasteiger charge is 2.10. The summed E-state index contributed by atoms with van der Waals surface area (Å²) in [6, 6.07) is 5.41. The molecule has 0 N–H and O–H groups in total. The molecule has 0 aliphatic carbocycles. The molecule has 0 amide bonds. The standard InChI is InChI=1S/C12H13BrO2/c1-3-7-15-12-8-9(13)5-6-10(12)11(14)4-2/h3,5-6,8H,1,4,7H2,2H3. The van der Waals surface area contributed by atoms with Gasteiger partial charge in [0.15, 0.2) is 5.78 Å². The Morgan fingerprint density at radius 1 is 1.60 bits per heavy atom. The van der Waals surface area contributed by atoms with Crippen molar-refractivity contribution in [1.29, 1.82) is 0 Å². The quantitative estimate of drug-likeness (QED) is 0.603. The highest BCUT2D eigenvalue weighted by atomic mass is 79.9. The van der Waals surface area contributed by atoms with E-state index in [2.05, 4.69) is 22.5 Å². The van der Waals surface area contributed by atoms with Crippen LogP contribution in [0.2, 0.25) is 0 Å². The smallest absolute Gasteiger partial charge is 0.166 e. The van der Waals surface area contributed by atoms with Crippen molar-refractivity contribution in [3.8, 4) is 5.75 Å². The van der Waals surface area contributed by atoms with Crippen molar-refractivity contribution in [3.63, 3.8) is 0 Å². The average Bonchev–Trinajstić information content (AvgIpc) is 2.25. The molecule has 0 unspecified atom stereocenters. The number of ether oxygens (including phenoxy) is 1. The van der Waals surface area contributed by atoms with Gasteiger partial charge in [-0.15, -0.1) is 0 Å². The van der Waals surface area contributed by atoms with Crippen LogP contribution in [0.3, 0.4) is 0 Å². The van der Waals surface area contributed by atoms with Crippen molar-refractivity contribution in [1.82, 2.24) is 0 Å². The Bertz CT molecular complexity index is 372. The molecule has 1 rings (SSSR count). The molecule has 0 aromatic heterocycles. The van der Waals surface area contributed by atoms with Gasteiger partial charge in [0.2, 0.25) is 0 Å². The van der Waals surface area contributed by atoms with Gasteiger partial charge in [0, 0.05) is 10.9 Å². The van der Waals surface area contributed by atoms with Crippen molar-refractivity contribution in [3.05, 3.63) is 40.9 Å². The Labute approximate surface area is 98.1 Å². The second-order valence-corrected chi connectivity index (χ2v) is 3.93. The molecule has 0 bridgehead atoms. The summed E-state index contributed by atoms with van der Waals surface area (Å²) < 4.78 is 6.32. The van der Waals surface area contributed by atoms with Crippen molar-refractivity contribution < 1.29 is 9.53 Å². The highest BCUT2D eigenvalue weighted by molar-refractivity contribution is 9.10. The van der Waals surface area contributed by atoms with Gasteiger partial charge < -0.3 is 4.74 Å². The lowest BCUT2D eigenvalue weighted by Gasteiger charge is -2.09. The number of hydrogen-bond donors (Lipinski definition) is 0. The number of hydrogen-bond acceptors (Lipinski definition) is 2. The zero-order valence-electron chi connectivity index (χ0n) is 8.63. The molecule has 3 heteroatoms. The predicted molar refractivity (Wildman–Crippen MR) is 64.5 cm³/mol. The maximum Gasteiger partial charge on any atom is 0.166 e. The van der Waals surface area contributed by atoms with Crippen LogP contribution in [0, 0.1) is 0 Å². The van der Waals surface area contributed by atoms with Gasteiger partial charge in [-0.05, 0) is 18.2 Å². The maximum atomic E-state index is 11.6. The minimum atomic E-state index is 0.0848. The number of rotatable bonds is 5. The average molecular weight is 269 g/mol. The molecule has 0 saturated heterocycles. The first-order chi connectivity index (χ1) is 7.19. The van der Waals surface area contributed by atoms with E-state index in [1.165, 1.54) is 0 Å². The van der Waals surface area contributed by atoms with Crippen molar-refractivity contribution in [2.75, 3.05) is 6.61 Å². The Hall–Kier alpha value is -1.09. The molecule has 0 radical (unpaired) electrons. The normalized spacial score (nSPS) is 9.73. The van der Waals surface area contributed by atoms with Crippen LogP contribution in [-0.2, 0) is 0 Å². The van der Waals surface area contributed by atoms with Gasteiger partial charge >= 0.3 is 0 Å². The van der Waals surface area contributed by atoms with E-state index in [1.807, 2.05) is 13.0 Å². The van der Waals surface area contributed by atoms with Crippen LogP contribution in [0.1, 0.15) is 23.7 Å². The molecule has 1 aromatic rings. The largest absolute Gasteiger partial charge is 0.489 e. The predicted octanol–water partition coefficient (Wildman–Crippen LogP) is 3.61. The van der Waals surface area contributed by atoms with Crippen LogP contribution in [0.5, 0.6) is 5.75 Å². The maximum absolute atomic E-state index is 11.6. The molecule has 0 saturated carbocycles. The first kappa shape index (κ1) is 12.0. The van der Waals surface area contributed by atoms with E-state index in [4.69, 9.17) is 4.74 Å². The topological polar surface area (TPSA) is 26.3 Å². The Balaban J connectivity index is 3.02. The van der Waals surface area contributed by atoms with Crippen molar-refractivity contribution >= 4 is 21.7 Å². The summed E-state index contributed by atoms with van der Waals surface area (Å²) in [4.78, 5) is 11.6. The number of ketones is 1.